The van der Waals surface area contributed by atoms with Gasteiger partial charge in [0.1, 0.15) is 6.10 Å². The average molecular weight is 393 g/mol. The molecule has 2 heterocycles. The molecule has 6 nitrogen and oxygen atoms in total. The molecule has 0 spiro atoms. The molecule has 0 radical (unpaired) electrons. The maximum absolute atomic E-state index is 12.9. The summed E-state index contributed by atoms with van der Waals surface area (Å²) < 4.78 is 5.42. The molecule has 2 aromatic rings. The number of amides is 2. The number of anilines is 2. The van der Waals surface area contributed by atoms with Crippen LogP contribution in [0, 0.1) is 0 Å². The van der Waals surface area contributed by atoms with Crippen molar-refractivity contribution in [2.45, 2.75) is 37.8 Å². The number of benzene rings is 2. The third kappa shape index (κ3) is 4.95. The van der Waals surface area contributed by atoms with E-state index in [2.05, 4.69) is 22.8 Å². The second kappa shape index (κ2) is 9.09. The van der Waals surface area contributed by atoms with E-state index < -0.39 is 0 Å². The van der Waals surface area contributed by atoms with Crippen LogP contribution in [0.25, 0.3) is 0 Å². The van der Waals surface area contributed by atoms with Gasteiger partial charge in [-0.25, -0.2) is 0 Å². The van der Waals surface area contributed by atoms with E-state index in [1.54, 1.807) is 18.2 Å². The number of nitrogens with one attached hydrogen (secondary N) is 2. The van der Waals surface area contributed by atoms with Crippen molar-refractivity contribution >= 4 is 23.2 Å². The summed E-state index contributed by atoms with van der Waals surface area (Å²) in [6, 6.07) is 17.7. The molecule has 4 rings (SSSR count). The van der Waals surface area contributed by atoms with Gasteiger partial charge >= 0.3 is 0 Å². The van der Waals surface area contributed by atoms with Crippen molar-refractivity contribution in [1.82, 2.24) is 4.90 Å². The van der Waals surface area contributed by atoms with E-state index in [4.69, 9.17) is 4.74 Å². The fourth-order valence-corrected chi connectivity index (χ4v) is 3.92. The quantitative estimate of drug-likeness (QED) is 0.815. The van der Waals surface area contributed by atoms with Gasteiger partial charge in [0.05, 0.1) is 0 Å². The Morgan fingerprint density at radius 1 is 0.931 bits per heavy atom. The number of para-hydroxylation sites is 1. The number of ether oxygens (including phenoxy) is 1. The van der Waals surface area contributed by atoms with Gasteiger partial charge in [-0.1, -0.05) is 24.3 Å². The molecule has 0 bridgehead atoms. The normalized spacial score (nSPS) is 19.7. The van der Waals surface area contributed by atoms with E-state index in [1.165, 1.54) is 0 Å². The molecule has 152 valence electrons. The van der Waals surface area contributed by atoms with Gasteiger partial charge in [0, 0.05) is 42.7 Å². The Morgan fingerprint density at radius 2 is 1.69 bits per heavy atom. The van der Waals surface area contributed by atoms with E-state index >= 15 is 0 Å². The van der Waals surface area contributed by atoms with E-state index in [-0.39, 0.29) is 17.9 Å². The summed E-state index contributed by atoms with van der Waals surface area (Å²) in [6.45, 7) is 2.07. The Balaban J connectivity index is 1.32. The molecule has 2 N–H and O–H groups in total. The van der Waals surface area contributed by atoms with Gasteiger partial charge in [-0.3, -0.25) is 9.59 Å². The second-order valence-electron chi connectivity index (χ2n) is 7.65. The average Bonchev–Trinajstić information content (AvgIpc) is 3.30. The zero-order valence-corrected chi connectivity index (χ0v) is 16.5. The molecule has 0 saturated carbocycles. The van der Waals surface area contributed by atoms with Crippen LogP contribution in [-0.4, -0.2) is 48.6 Å². The third-order valence-corrected chi connectivity index (χ3v) is 5.53. The summed E-state index contributed by atoms with van der Waals surface area (Å²) in [5.74, 6) is -0.128. The molecule has 2 fully saturated rings. The highest BCUT2D eigenvalue weighted by molar-refractivity contribution is 5.98. The summed E-state index contributed by atoms with van der Waals surface area (Å²) in [7, 11) is 0. The molecular weight excluding hydrogens is 366 g/mol. The van der Waals surface area contributed by atoms with Crippen LogP contribution in [0.5, 0.6) is 0 Å². The number of carbonyl (C=O) groups excluding carboxylic acids is 2. The molecule has 2 aliphatic rings. The molecule has 2 amide bonds. The number of hydrogen-bond donors (Lipinski definition) is 2. The molecule has 1 unspecified atom stereocenters. The van der Waals surface area contributed by atoms with Crippen LogP contribution in [-0.2, 0) is 9.53 Å². The number of carbonyl (C=O) groups is 2. The van der Waals surface area contributed by atoms with Gasteiger partial charge in [0.25, 0.3) is 11.8 Å². The largest absolute Gasteiger partial charge is 0.382 e. The lowest BCUT2D eigenvalue weighted by Crippen LogP contribution is -2.42. The lowest BCUT2D eigenvalue weighted by Gasteiger charge is -2.33. The molecule has 2 saturated heterocycles. The first-order chi connectivity index (χ1) is 14.2. The number of rotatable bonds is 5. The number of nitrogens with zero attached hydrogens (tertiary/aromatic N) is 1. The number of likely N-dealkylation sites (tertiary alicyclic amines) is 1. The summed E-state index contributed by atoms with van der Waals surface area (Å²) in [5, 5.41) is 6.41. The lowest BCUT2D eigenvalue weighted by atomic mass is 10.0. The molecular formula is C23H27N3O3. The Kier molecular flexibility index (Phi) is 6.10. The first-order valence-corrected chi connectivity index (χ1v) is 10.3. The molecule has 1 atom stereocenters. The standard InChI is InChI=1S/C23H27N3O3/c27-22(21-10-5-15-29-21)25-20-9-4-6-17(16-20)23(28)26-13-11-19(12-14-26)24-18-7-2-1-3-8-18/h1-4,6-9,16,19,21,24H,5,10-15H2,(H,25,27). The van der Waals surface area contributed by atoms with Crippen LogP contribution in [0.2, 0.25) is 0 Å². The third-order valence-electron chi connectivity index (χ3n) is 5.53. The minimum absolute atomic E-state index is 0.0105. The molecule has 2 aliphatic heterocycles. The van der Waals surface area contributed by atoms with Crippen LogP contribution in [0.15, 0.2) is 54.6 Å². The van der Waals surface area contributed by atoms with Crippen molar-refractivity contribution in [3.8, 4) is 0 Å². The summed E-state index contributed by atoms with van der Waals surface area (Å²) in [6.07, 6.45) is 3.10. The summed E-state index contributed by atoms with van der Waals surface area (Å²) in [5.41, 5.74) is 2.36. The first kappa shape index (κ1) is 19.5. The van der Waals surface area contributed by atoms with E-state index in [1.807, 2.05) is 29.2 Å². The van der Waals surface area contributed by atoms with Gasteiger partial charge in [0.2, 0.25) is 0 Å². The maximum atomic E-state index is 12.9. The van der Waals surface area contributed by atoms with Crippen molar-refractivity contribution in [3.63, 3.8) is 0 Å². The van der Waals surface area contributed by atoms with Gasteiger partial charge in [-0.15, -0.1) is 0 Å². The Morgan fingerprint density at radius 3 is 2.41 bits per heavy atom. The molecule has 0 aromatic heterocycles. The minimum Gasteiger partial charge on any atom is -0.382 e. The van der Waals surface area contributed by atoms with Crippen LogP contribution in [0.3, 0.4) is 0 Å². The monoisotopic (exact) mass is 393 g/mol. The fourth-order valence-electron chi connectivity index (χ4n) is 3.92. The zero-order valence-electron chi connectivity index (χ0n) is 16.5. The second-order valence-corrected chi connectivity index (χ2v) is 7.65. The van der Waals surface area contributed by atoms with Gasteiger partial charge in [0.15, 0.2) is 0 Å². The van der Waals surface area contributed by atoms with Gasteiger partial charge in [-0.05, 0) is 56.0 Å². The first-order valence-electron chi connectivity index (χ1n) is 10.3. The summed E-state index contributed by atoms with van der Waals surface area (Å²) in [4.78, 5) is 27.1. The topological polar surface area (TPSA) is 70.7 Å². The highest BCUT2D eigenvalue weighted by Crippen LogP contribution is 2.20. The van der Waals surface area contributed by atoms with Crippen molar-refractivity contribution < 1.29 is 14.3 Å². The van der Waals surface area contributed by atoms with Gasteiger partial charge in [-0.2, -0.15) is 0 Å². The molecule has 29 heavy (non-hydrogen) atoms. The van der Waals surface area contributed by atoms with Gasteiger partial charge < -0.3 is 20.3 Å². The Labute approximate surface area is 171 Å². The SMILES string of the molecule is O=C(Nc1cccc(C(=O)N2CCC(Nc3ccccc3)CC2)c1)C1CCCO1. The highest BCUT2D eigenvalue weighted by Gasteiger charge is 2.25. The Hall–Kier alpha value is -2.86. The maximum Gasteiger partial charge on any atom is 0.253 e. The van der Waals surface area contributed by atoms with Crippen LogP contribution >= 0.6 is 0 Å². The van der Waals surface area contributed by atoms with Crippen molar-refractivity contribution in [3.05, 3.63) is 60.2 Å². The van der Waals surface area contributed by atoms with Crippen LogP contribution in [0.1, 0.15) is 36.0 Å². The Bertz CT molecular complexity index is 841. The molecule has 2 aromatic carbocycles. The number of hydrogen-bond acceptors (Lipinski definition) is 4. The number of piperidine rings is 1. The fraction of sp³-hybridized carbons (Fsp3) is 0.391. The van der Waals surface area contributed by atoms with Crippen molar-refractivity contribution in [1.29, 1.82) is 0 Å². The smallest absolute Gasteiger partial charge is 0.253 e. The van der Waals surface area contributed by atoms with E-state index in [9.17, 15) is 9.59 Å². The van der Waals surface area contributed by atoms with Crippen LogP contribution < -0.4 is 10.6 Å². The highest BCUT2D eigenvalue weighted by atomic mass is 16.5. The zero-order chi connectivity index (χ0) is 20.1. The van der Waals surface area contributed by atoms with Crippen LogP contribution in [0.4, 0.5) is 11.4 Å². The van der Waals surface area contributed by atoms with E-state index in [0.717, 1.165) is 44.5 Å². The van der Waals surface area contributed by atoms with Crippen molar-refractivity contribution in [2.24, 2.45) is 0 Å². The molecule has 0 aliphatic carbocycles. The van der Waals surface area contributed by atoms with Crippen molar-refractivity contribution in [2.75, 3.05) is 30.3 Å². The predicted octanol–water partition coefficient (Wildman–Crippen LogP) is 3.52. The minimum atomic E-state index is -0.384. The molecule has 6 heteroatoms. The van der Waals surface area contributed by atoms with E-state index in [0.29, 0.717) is 23.9 Å². The lowest BCUT2D eigenvalue weighted by molar-refractivity contribution is -0.124. The predicted molar refractivity (Wildman–Crippen MR) is 113 cm³/mol. The summed E-state index contributed by atoms with van der Waals surface area (Å²) >= 11 is 0.